The monoisotopic (exact) mass is 404 g/mol. The van der Waals surface area contributed by atoms with Crippen LogP contribution in [0, 0.1) is 12.7 Å². The summed E-state index contributed by atoms with van der Waals surface area (Å²) in [7, 11) is 0. The van der Waals surface area contributed by atoms with Crippen LogP contribution in [0.5, 0.6) is 0 Å². The second-order valence-electron chi connectivity index (χ2n) is 6.46. The molecule has 150 valence electrons. The highest BCUT2D eigenvalue weighted by atomic mass is 19.4. The first kappa shape index (κ1) is 18.7. The van der Waals surface area contributed by atoms with E-state index in [2.05, 4.69) is 20.4 Å². The molecule has 0 atom stereocenters. The van der Waals surface area contributed by atoms with E-state index in [-0.39, 0.29) is 22.5 Å². The molecule has 28 heavy (non-hydrogen) atoms. The quantitative estimate of drug-likeness (QED) is 0.666. The SMILES string of the molecule is Cc1nc2c(N3CCNCC3)nc3cc(F)c(C(F)(F)C(F)(F)F)cc3n2n1. The van der Waals surface area contributed by atoms with Crippen LogP contribution in [0.4, 0.5) is 32.2 Å². The summed E-state index contributed by atoms with van der Waals surface area (Å²) in [6, 6.07) is 1.01. The normalized spacial score (nSPS) is 16.3. The van der Waals surface area contributed by atoms with E-state index in [9.17, 15) is 26.3 Å². The Labute approximate surface area is 154 Å². The van der Waals surface area contributed by atoms with Crippen LogP contribution >= 0.6 is 0 Å². The summed E-state index contributed by atoms with van der Waals surface area (Å²) >= 11 is 0. The zero-order chi connectivity index (χ0) is 20.3. The number of halogens is 6. The molecule has 1 N–H and O–H groups in total. The summed E-state index contributed by atoms with van der Waals surface area (Å²) < 4.78 is 81.2. The Morgan fingerprint density at radius 2 is 1.71 bits per heavy atom. The number of hydrogen-bond donors (Lipinski definition) is 1. The lowest BCUT2D eigenvalue weighted by molar-refractivity contribution is -0.290. The molecule has 1 fully saturated rings. The van der Waals surface area contributed by atoms with E-state index in [1.54, 1.807) is 6.92 Å². The Morgan fingerprint density at radius 1 is 1.04 bits per heavy atom. The van der Waals surface area contributed by atoms with Gasteiger partial charge in [0.1, 0.15) is 11.6 Å². The third kappa shape index (κ3) is 2.82. The van der Waals surface area contributed by atoms with Crippen LogP contribution in [0.1, 0.15) is 11.4 Å². The Bertz CT molecular complexity index is 1050. The smallest absolute Gasteiger partial charge is 0.351 e. The molecule has 1 aliphatic rings. The van der Waals surface area contributed by atoms with Gasteiger partial charge in [0.25, 0.3) is 0 Å². The van der Waals surface area contributed by atoms with Crippen LogP contribution in [-0.4, -0.2) is 51.9 Å². The van der Waals surface area contributed by atoms with Gasteiger partial charge in [-0.3, -0.25) is 0 Å². The molecular weight excluding hydrogens is 390 g/mol. The van der Waals surface area contributed by atoms with Gasteiger partial charge in [-0.05, 0) is 13.0 Å². The number of hydrogen-bond acceptors (Lipinski definition) is 5. The van der Waals surface area contributed by atoms with E-state index in [4.69, 9.17) is 0 Å². The van der Waals surface area contributed by atoms with Crippen molar-refractivity contribution < 1.29 is 26.3 Å². The van der Waals surface area contributed by atoms with E-state index in [0.717, 1.165) is 4.52 Å². The molecular formula is C16H14F6N6. The lowest BCUT2D eigenvalue weighted by atomic mass is 10.1. The molecule has 4 rings (SSSR count). The third-order valence-corrected chi connectivity index (χ3v) is 4.54. The number of aromatic nitrogens is 4. The number of nitrogens with zero attached hydrogens (tertiary/aromatic N) is 5. The molecule has 0 unspecified atom stereocenters. The average Bonchev–Trinajstić information content (AvgIpc) is 3.01. The molecule has 0 spiro atoms. The molecule has 0 bridgehead atoms. The fraction of sp³-hybridized carbons (Fsp3) is 0.438. The first-order valence-corrected chi connectivity index (χ1v) is 8.37. The molecule has 3 aromatic rings. The van der Waals surface area contributed by atoms with Crippen LogP contribution in [0.25, 0.3) is 16.7 Å². The number of rotatable bonds is 2. The Hall–Kier alpha value is -2.63. The van der Waals surface area contributed by atoms with Gasteiger partial charge in [-0.25, -0.2) is 18.9 Å². The van der Waals surface area contributed by atoms with Crippen molar-refractivity contribution in [2.75, 3.05) is 31.1 Å². The van der Waals surface area contributed by atoms with Gasteiger partial charge >= 0.3 is 12.1 Å². The first-order valence-electron chi connectivity index (χ1n) is 8.37. The number of alkyl halides is 5. The molecule has 2 aromatic heterocycles. The van der Waals surface area contributed by atoms with Crippen molar-refractivity contribution in [1.29, 1.82) is 0 Å². The van der Waals surface area contributed by atoms with E-state index in [0.29, 0.717) is 44.1 Å². The second-order valence-corrected chi connectivity index (χ2v) is 6.46. The lowest BCUT2D eigenvalue weighted by Crippen LogP contribution is -2.44. The number of piperazine rings is 1. The number of anilines is 1. The maximum Gasteiger partial charge on any atom is 0.458 e. The third-order valence-electron chi connectivity index (χ3n) is 4.54. The molecule has 6 nitrogen and oxygen atoms in total. The number of fused-ring (bicyclic) bond motifs is 3. The van der Waals surface area contributed by atoms with Crippen molar-refractivity contribution in [2.24, 2.45) is 0 Å². The fourth-order valence-corrected chi connectivity index (χ4v) is 3.18. The van der Waals surface area contributed by atoms with Crippen molar-refractivity contribution in [1.82, 2.24) is 24.9 Å². The van der Waals surface area contributed by atoms with Gasteiger partial charge in [-0.1, -0.05) is 0 Å². The predicted octanol–water partition coefficient (Wildman–Crippen LogP) is 2.79. The van der Waals surface area contributed by atoms with Crippen LogP contribution in [0.3, 0.4) is 0 Å². The predicted molar refractivity (Wildman–Crippen MR) is 88.0 cm³/mol. The van der Waals surface area contributed by atoms with E-state index < -0.39 is 23.5 Å². The van der Waals surface area contributed by atoms with Gasteiger partial charge in [0.05, 0.1) is 16.6 Å². The minimum absolute atomic E-state index is 0.0924. The van der Waals surface area contributed by atoms with Crippen LogP contribution in [0.2, 0.25) is 0 Å². The molecule has 0 aliphatic carbocycles. The summed E-state index contributed by atoms with van der Waals surface area (Å²) in [6.45, 7) is 4.04. The summed E-state index contributed by atoms with van der Waals surface area (Å²) in [5.74, 6) is -6.40. The Balaban J connectivity index is 1.99. The highest BCUT2D eigenvalue weighted by molar-refractivity contribution is 5.83. The summed E-state index contributed by atoms with van der Waals surface area (Å²) in [4.78, 5) is 10.4. The molecule has 0 radical (unpaired) electrons. The largest absolute Gasteiger partial charge is 0.458 e. The van der Waals surface area contributed by atoms with Crippen molar-refractivity contribution in [3.05, 3.63) is 29.3 Å². The number of nitrogens with one attached hydrogen (secondary N) is 1. The zero-order valence-electron chi connectivity index (χ0n) is 14.5. The van der Waals surface area contributed by atoms with E-state index in [1.165, 1.54) is 0 Å². The van der Waals surface area contributed by atoms with Gasteiger partial charge in [-0.2, -0.15) is 27.1 Å². The first-order chi connectivity index (χ1) is 13.1. The van der Waals surface area contributed by atoms with Gasteiger partial charge in [0.15, 0.2) is 11.5 Å². The van der Waals surface area contributed by atoms with Crippen LogP contribution in [-0.2, 0) is 5.92 Å². The summed E-state index contributed by atoms with van der Waals surface area (Å²) in [5, 5.41) is 7.25. The minimum Gasteiger partial charge on any atom is -0.351 e. The van der Waals surface area contributed by atoms with Gasteiger partial charge < -0.3 is 10.2 Å². The van der Waals surface area contributed by atoms with E-state index in [1.807, 2.05) is 4.90 Å². The van der Waals surface area contributed by atoms with Crippen molar-refractivity contribution in [3.63, 3.8) is 0 Å². The van der Waals surface area contributed by atoms with Gasteiger partial charge in [0, 0.05) is 32.2 Å². The highest BCUT2D eigenvalue weighted by Crippen LogP contribution is 2.45. The van der Waals surface area contributed by atoms with Crippen LogP contribution < -0.4 is 10.2 Å². The van der Waals surface area contributed by atoms with Crippen molar-refractivity contribution in [2.45, 2.75) is 19.0 Å². The molecule has 1 aliphatic heterocycles. The maximum atomic E-state index is 14.2. The second kappa shape index (κ2) is 6.19. The summed E-state index contributed by atoms with van der Waals surface area (Å²) in [6.07, 6.45) is -5.94. The topological polar surface area (TPSA) is 58.4 Å². The fourth-order valence-electron chi connectivity index (χ4n) is 3.18. The van der Waals surface area contributed by atoms with Crippen LogP contribution in [0.15, 0.2) is 12.1 Å². The van der Waals surface area contributed by atoms with Crippen molar-refractivity contribution >= 4 is 22.5 Å². The van der Waals surface area contributed by atoms with Gasteiger partial charge in [-0.15, -0.1) is 0 Å². The molecule has 12 heteroatoms. The molecule has 3 heterocycles. The Morgan fingerprint density at radius 3 is 2.36 bits per heavy atom. The highest BCUT2D eigenvalue weighted by Gasteiger charge is 2.60. The minimum atomic E-state index is -5.94. The lowest BCUT2D eigenvalue weighted by Gasteiger charge is -2.28. The summed E-state index contributed by atoms with van der Waals surface area (Å²) in [5.41, 5.74) is -1.85. The average molecular weight is 404 g/mol. The Kier molecular flexibility index (Phi) is 4.14. The number of aryl methyl sites for hydroxylation is 1. The standard InChI is InChI=1S/C16H14F6N6/c1-8-24-14-13(27-4-2-23-3-5-27)25-11-7-10(17)9(6-12(11)28(14)26-8)15(18,19)16(20,21)22/h6-7,23H,2-5H2,1H3. The van der Waals surface area contributed by atoms with Crippen molar-refractivity contribution in [3.8, 4) is 0 Å². The molecule has 0 saturated carbocycles. The molecule has 1 aromatic carbocycles. The molecule has 0 amide bonds. The zero-order valence-corrected chi connectivity index (χ0v) is 14.5. The van der Waals surface area contributed by atoms with E-state index >= 15 is 0 Å². The molecule has 1 saturated heterocycles. The maximum absolute atomic E-state index is 14.2. The number of benzene rings is 1. The van der Waals surface area contributed by atoms with Gasteiger partial charge in [0.2, 0.25) is 0 Å².